The van der Waals surface area contributed by atoms with Crippen LogP contribution >= 0.6 is 46.0 Å². The largest absolute Gasteiger partial charge is 0.383 e. The van der Waals surface area contributed by atoms with Crippen molar-refractivity contribution in [3.05, 3.63) is 39.5 Å². The highest BCUT2D eigenvalue weighted by atomic mass is 35.5. The third-order valence-electron chi connectivity index (χ3n) is 3.41. The van der Waals surface area contributed by atoms with Crippen LogP contribution in [0.4, 0.5) is 0 Å². The van der Waals surface area contributed by atoms with Crippen LogP contribution in [-0.4, -0.2) is 33.0 Å². The van der Waals surface area contributed by atoms with E-state index >= 15 is 0 Å². The van der Waals surface area contributed by atoms with Crippen LogP contribution in [0.25, 0.3) is 10.2 Å². The quantitative estimate of drug-likeness (QED) is 0.548. The molecule has 0 saturated carbocycles. The van der Waals surface area contributed by atoms with E-state index in [1.165, 1.54) is 17.4 Å². The minimum Gasteiger partial charge on any atom is -0.383 e. The lowest BCUT2D eigenvalue weighted by atomic mass is 10.3. The molecule has 0 aliphatic rings. The lowest BCUT2D eigenvalue weighted by molar-refractivity contribution is 0.187. The molecular weight excluding hydrogens is 420 g/mol. The molecule has 0 bridgehead atoms. The molecule has 0 aliphatic heterocycles. The number of hydrogen-bond donors (Lipinski definition) is 0. The highest BCUT2D eigenvalue weighted by molar-refractivity contribution is 7.98. The summed E-state index contributed by atoms with van der Waals surface area (Å²) in [4.78, 5) is 1.54. The molecule has 3 aromatic rings. The number of thiazole rings is 1. The van der Waals surface area contributed by atoms with Crippen molar-refractivity contribution >= 4 is 66.3 Å². The molecule has 0 atom stereocenters. The van der Waals surface area contributed by atoms with Crippen molar-refractivity contribution < 1.29 is 13.2 Å². The number of halogens is 1. The van der Waals surface area contributed by atoms with Gasteiger partial charge in [0.25, 0.3) is 10.0 Å². The van der Waals surface area contributed by atoms with Crippen molar-refractivity contribution in [3.8, 4) is 0 Å². The number of benzene rings is 1. The maximum Gasteiger partial charge on any atom is 0.294 e. The van der Waals surface area contributed by atoms with Crippen molar-refractivity contribution in [2.24, 2.45) is 4.40 Å². The molecule has 0 N–H and O–H groups in total. The summed E-state index contributed by atoms with van der Waals surface area (Å²) in [7, 11) is -2.19. The fourth-order valence-corrected chi connectivity index (χ4v) is 6.51. The second kappa shape index (κ2) is 7.81. The van der Waals surface area contributed by atoms with Crippen LogP contribution in [0, 0.1) is 0 Å². The molecular formula is C15H15ClN2O3S4. The van der Waals surface area contributed by atoms with E-state index in [0.717, 1.165) is 26.4 Å². The fourth-order valence-electron chi connectivity index (χ4n) is 2.23. The van der Waals surface area contributed by atoms with Gasteiger partial charge in [-0.1, -0.05) is 22.9 Å². The first-order valence-electron chi connectivity index (χ1n) is 7.17. The Hall–Kier alpha value is -0.840. The lowest BCUT2D eigenvalue weighted by Crippen LogP contribution is -2.19. The van der Waals surface area contributed by atoms with E-state index in [9.17, 15) is 8.42 Å². The van der Waals surface area contributed by atoms with Crippen molar-refractivity contribution in [2.45, 2.75) is 15.6 Å². The zero-order chi connectivity index (χ0) is 18.0. The van der Waals surface area contributed by atoms with Crippen molar-refractivity contribution in [1.29, 1.82) is 0 Å². The summed E-state index contributed by atoms with van der Waals surface area (Å²) in [6, 6.07) is 9.08. The summed E-state index contributed by atoms with van der Waals surface area (Å²) < 4.78 is 37.8. The zero-order valence-electron chi connectivity index (χ0n) is 13.4. The minimum absolute atomic E-state index is 0.137. The van der Waals surface area contributed by atoms with Crippen LogP contribution in [-0.2, 0) is 21.3 Å². The predicted octanol–water partition coefficient (Wildman–Crippen LogP) is 4.08. The Bertz CT molecular complexity index is 1070. The zero-order valence-corrected chi connectivity index (χ0v) is 17.5. The Morgan fingerprint density at radius 3 is 2.72 bits per heavy atom. The Morgan fingerprint density at radius 2 is 2.08 bits per heavy atom. The number of hydrogen-bond acceptors (Lipinski definition) is 6. The first-order valence-corrected chi connectivity index (χ1v) is 11.8. The Morgan fingerprint density at radius 1 is 1.28 bits per heavy atom. The molecule has 1 aromatic carbocycles. The molecule has 25 heavy (non-hydrogen) atoms. The first kappa shape index (κ1) is 18.9. The van der Waals surface area contributed by atoms with Crippen LogP contribution in [0.5, 0.6) is 0 Å². The Kier molecular flexibility index (Phi) is 5.92. The molecule has 0 amide bonds. The van der Waals surface area contributed by atoms with Gasteiger partial charge in [0.1, 0.15) is 4.21 Å². The van der Waals surface area contributed by atoms with E-state index in [0.29, 0.717) is 22.3 Å². The maximum atomic E-state index is 12.6. The van der Waals surface area contributed by atoms with Crippen LogP contribution in [0.1, 0.15) is 0 Å². The van der Waals surface area contributed by atoms with E-state index in [1.807, 2.05) is 29.0 Å². The summed E-state index contributed by atoms with van der Waals surface area (Å²) in [5.74, 6) is 0. The molecule has 0 unspecified atom stereocenters. The van der Waals surface area contributed by atoms with Crippen LogP contribution in [0.15, 0.2) is 43.8 Å². The number of ether oxygens (including phenoxy) is 1. The number of sulfonamides is 1. The van der Waals surface area contributed by atoms with E-state index in [-0.39, 0.29) is 4.21 Å². The Balaban J connectivity index is 2.19. The van der Waals surface area contributed by atoms with Gasteiger partial charge in [0, 0.05) is 18.6 Å². The summed E-state index contributed by atoms with van der Waals surface area (Å²) in [6.07, 6.45) is 2.00. The van der Waals surface area contributed by atoms with Crippen molar-refractivity contribution in [2.75, 3.05) is 20.0 Å². The molecule has 0 aliphatic carbocycles. The van der Waals surface area contributed by atoms with Gasteiger partial charge < -0.3 is 9.30 Å². The maximum absolute atomic E-state index is 12.6. The summed E-state index contributed by atoms with van der Waals surface area (Å²) in [6.45, 7) is 0.989. The van der Waals surface area contributed by atoms with Gasteiger partial charge >= 0.3 is 0 Å². The average molecular weight is 435 g/mol. The SMILES string of the molecule is COCCn1/c(=N/S(=O)(=O)c2ccc(Cl)s2)sc2cc(SC)ccc21. The average Bonchev–Trinajstić information content (AvgIpc) is 3.16. The summed E-state index contributed by atoms with van der Waals surface area (Å²) >= 11 is 9.85. The van der Waals surface area contributed by atoms with Gasteiger partial charge in [-0.05, 0) is 36.6 Å². The van der Waals surface area contributed by atoms with Gasteiger partial charge in [-0.15, -0.1) is 27.5 Å². The van der Waals surface area contributed by atoms with Crippen molar-refractivity contribution in [3.63, 3.8) is 0 Å². The predicted molar refractivity (Wildman–Crippen MR) is 106 cm³/mol. The second-order valence-electron chi connectivity index (χ2n) is 4.99. The third-order valence-corrected chi connectivity index (χ3v) is 8.26. The molecule has 3 rings (SSSR count). The van der Waals surface area contributed by atoms with E-state index < -0.39 is 10.0 Å². The van der Waals surface area contributed by atoms with Crippen LogP contribution in [0.2, 0.25) is 4.34 Å². The Labute approximate surface area is 163 Å². The summed E-state index contributed by atoms with van der Waals surface area (Å²) in [5.41, 5.74) is 0.943. The number of aromatic nitrogens is 1. The number of thiophene rings is 1. The molecule has 2 aromatic heterocycles. The monoisotopic (exact) mass is 434 g/mol. The van der Waals surface area contributed by atoms with E-state index in [4.69, 9.17) is 16.3 Å². The topological polar surface area (TPSA) is 60.7 Å². The highest BCUT2D eigenvalue weighted by Crippen LogP contribution is 2.28. The van der Waals surface area contributed by atoms with E-state index in [2.05, 4.69) is 4.40 Å². The number of rotatable bonds is 6. The van der Waals surface area contributed by atoms with Gasteiger partial charge in [0.15, 0.2) is 0 Å². The lowest BCUT2D eigenvalue weighted by Gasteiger charge is -2.04. The van der Waals surface area contributed by atoms with Gasteiger partial charge in [-0.25, -0.2) is 0 Å². The third kappa shape index (κ3) is 4.12. The minimum atomic E-state index is -3.80. The molecule has 0 fully saturated rings. The highest BCUT2D eigenvalue weighted by Gasteiger charge is 2.17. The molecule has 134 valence electrons. The summed E-state index contributed by atoms with van der Waals surface area (Å²) in [5, 5.41) is 0. The number of fused-ring (bicyclic) bond motifs is 1. The molecule has 0 radical (unpaired) electrons. The number of nitrogens with zero attached hydrogens (tertiary/aromatic N) is 2. The van der Waals surface area contributed by atoms with Gasteiger partial charge in [0.05, 0.1) is 21.2 Å². The fraction of sp³-hybridized carbons (Fsp3) is 0.267. The van der Waals surface area contributed by atoms with E-state index in [1.54, 1.807) is 24.9 Å². The molecule has 10 heteroatoms. The van der Waals surface area contributed by atoms with Gasteiger partial charge in [-0.2, -0.15) is 8.42 Å². The van der Waals surface area contributed by atoms with Crippen molar-refractivity contribution in [1.82, 2.24) is 4.57 Å². The molecule has 0 saturated heterocycles. The smallest absolute Gasteiger partial charge is 0.294 e. The molecule has 2 heterocycles. The second-order valence-corrected chi connectivity index (χ2v) is 10.4. The normalized spacial score (nSPS) is 13.0. The number of methoxy groups -OCH3 is 1. The van der Waals surface area contributed by atoms with Crippen LogP contribution < -0.4 is 4.80 Å². The standard InChI is InChI=1S/C15H15ClN2O3S4/c1-21-8-7-18-11-4-3-10(22-2)9-12(11)23-15(18)17-25(19,20)14-6-5-13(16)24-14/h3-6,9H,7-8H2,1-2H3/b17-15-. The van der Waals surface area contributed by atoms with Crippen LogP contribution in [0.3, 0.4) is 0 Å². The van der Waals surface area contributed by atoms with Gasteiger partial charge in [-0.3, -0.25) is 0 Å². The molecule has 5 nitrogen and oxygen atoms in total. The first-order chi connectivity index (χ1) is 11.9. The number of thioether (sulfide) groups is 1. The van der Waals surface area contributed by atoms with Gasteiger partial charge in [0.2, 0.25) is 4.80 Å². The molecule has 0 spiro atoms.